The number of rotatable bonds is 2. The molecular weight excluding hydrogens is 160 g/mol. The topological polar surface area (TPSA) is 85.4 Å². The number of carboxylic acids is 1. The molecule has 0 aromatic carbocycles. The first-order chi connectivity index (χ1) is 5.65. The molecule has 0 aliphatic rings. The molecule has 0 saturated carbocycles. The number of nitrogens with two attached hydrogens (primary N) is 1. The van der Waals surface area contributed by atoms with Crippen molar-refractivity contribution in [3.8, 4) is 5.88 Å². The van der Waals surface area contributed by atoms with E-state index in [1.807, 2.05) is 0 Å². The molecule has 0 radical (unpaired) electrons. The van der Waals surface area contributed by atoms with Gasteiger partial charge in [-0.3, -0.25) is 0 Å². The van der Waals surface area contributed by atoms with E-state index in [0.717, 1.165) is 0 Å². The van der Waals surface area contributed by atoms with E-state index in [1.54, 1.807) is 0 Å². The van der Waals surface area contributed by atoms with Crippen LogP contribution < -0.4 is 10.5 Å². The van der Waals surface area contributed by atoms with E-state index in [9.17, 15) is 4.79 Å². The maximum absolute atomic E-state index is 10.5. The Morgan fingerprint density at radius 2 is 2.33 bits per heavy atom. The first-order valence-corrected chi connectivity index (χ1v) is 3.19. The highest BCUT2D eigenvalue weighted by atomic mass is 16.5. The van der Waals surface area contributed by atoms with Crippen LogP contribution in [0.4, 0.5) is 5.82 Å². The highest BCUT2D eigenvalue weighted by Gasteiger charge is 2.11. The van der Waals surface area contributed by atoms with Crippen molar-refractivity contribution in [2.75, 3.05) is 12.8 Å². The third-order valence-electron chi connectivity index (χ3n) is 1.31. The Labute approximate surface area is 68.8 Å². The number of carboxylic acid groups (broad SMARTS) is 1. The summed E-state index contributed by atoms with van der Waals surface area (Å²) in [6, 6.07) is 2.76. The van der Waals surface area contributed by atoms with Gasteiger partial charge in [0.2, 0.25) is 5.88 Å². The molecule has 1 aromatic rings. The lowest BCUT2D eigenvalue weighted by Crippen LogP contribution is -2.03. The normalized spacial score (nSPS) is 9.42. The smallest absolute Gasteiger partial charge is 0.341 e. The zero-order valence-electron chi connectivity index (χ0n) is 6.44. The molecule has 0 unspecified atom stereocenters. The number of hydrogen-bond acceptors (Lipinski definition) is 4. The molecule has 0 aliphatic heterocycles. The fourth-order valence-electron chi connectivity index (χ4n) is 0.773. The van der Waals surface area contributed by atoms with Crippen LogP contribution in [0.3, 0.4) is 0 Å². The molecule has 0 saturated heterocycles. The Balaban J connectivity index is 3.20. The van der Waals surface area contributed by atoms with E-state index in [4.69, 9.17) is 15.6 Å². The summed E-state index contributed by atoms with van der Waals surface area (Å²) in [5, 5.41) is 8.63. The van der Waals surface area contributed by atoms with Crippen molar-refractivity contribution in [3.05, 3.63) is 17.7 Å². The van der Waals surface area contributed by atoms with E-state index in [-0.39, 0.29) is 17.3 Å². The van der Waals surface area contributed by atoms with E-state index < -0.39 is 5.97 Å². The third-order valence-corrected chi connectivity index (χ3v) is 1.31. The number of anilines is 1. The predicted octanol–water partition coefficient (Wildman–Crippen LogP) is 0.371. The fourth-order valence-corrected chi connectivity index (χ4v) is 0.773. The molecule has 5 heteroatoms. The van der Waals surface area contributed by atoms with Crippen LogP contribution in [0.25, 0.3) is 0 Å². The Bertz CT molecular complexity index is 312. The molecule has 1 rings (SSSR count). The Morgan fingerprint density at radius 3 is 2.83 bits per heavy atom. The average molecular weight is 168 g/mol. The Kier molecular flexibility index (Phi) is 2.14. The minimum atomic E-state index is -1.08. The predicted molar refractivity (Wildman–Crippen MR) is 42.2 cm³/mol. The van der Waals surface area contributed by atoms with Crippen molar-refractivity contribution in [2.45, 2.75) is 0 Å². The number of methoxy groups -OCH3 is 1. The van der Waals surface area contributed by atoms with Gasteiger partial charge in [0.25, 0.3) is 0 Å². The van der Waals surface area contributed by atoms with Gasteiger partial charge in [0.05, 0.1) is 7.11 Å². The van der Waals surface area contributed by atoms with Gasteiger partial charge in [-0.05, 0) is 12.1 Å². The van der Waals surface area contributed by atoms with Crippen LogP contribution in [0.15, 0.2) is 12.1 Å². The van der Waals surface area contributed by atoms with Crippen molar-refractivity contribution in [1.29, 1.82) is 0 Å². The Hall–Kier alpha value is -1.78. The van der Waals surface area contributed by atoms with E-state index in [1.165, 1.54) is 19.2 Å². The highest BCUT2D eigenvalue weighted by molar-refractivity contribution is 5.90. The lowest BCUT2D eigenvalue weighted by molar-refractivity contribution is 0.0692. The first kappa shape index (κ1) is 8.32. The minimum Gasteiger partial charge on any atom is -0.480 e. The molecule has 12 heavy (non-hydrogen) atoms. The number of nitrogens with zero attached hydrogens (tertiary/aromatic N) is 1. The number of ether oxygens (including phenoxy) is 1. The second-order valence-corrected chi connectivity index (χ2v) is 2.10. The van der Waals surface area contributed by atoms with Crippen LogP contribution in [-0.2, 0) is 0 Å². The second kappa shape index (κ2) is 3.08. The summed E-state index contributed by atoms with van der Waals surface area (Å²) in [7, 11) is 1.34. The van der Waals surface area contributed by atoms with Crippen molar-refractivity contribution < 1.29 is 14.6 Å². The fraction of sp³-hybridized carbons (Fsp3) is 0.143. The molecule has 0 fully saturated rings. The van der Waals surface area contributed by atoms with Crippen molar-refractivity contribution >= 4 is 11.8 Å². The third kappa shape index (κ3) is 1.45. The molecule has 3 N–H and O–H groups in total. The summed E-state index contributed by atoms with van der Waals surface area (Å²) >= 11 is 0. The van der Waals surface area contributed by atoms with Crippen LogP contribution in [0.5, 0.6) is 5.88 Å². The van der Waals surface area contributed by atoms with Crippen molar-refractivity contribution in [3.63, 3.8) is 0 Å². The van der Waals surface area contributed by atoms with Gasteiger partial charge in [0, 0.05) is 0 Å². The standard InChI is InChI=1S/C7H8N2O3/c1-12-6-4(7(10)11)2-3-5(8)9-6/h2-3H,1H3,(H2,8,9)(H,10,11). The van der Waals surface area contributed by atoms with Gasteiger partial charge in [-0.1, -0.05) is 0 Å². The maximum Gasteiger partial charge on any atom is 0.341 e. The molecule has 0 atom stereocenters. The quantitative estimate of drug-likeness (QED) is 0.666. The van der Waals surface area contributed by atoms with Crippen LogP contribution in [0.1, 0.15) is 10.4 Å². The molecule has 64 valence electrons. The van der Waals surface area contributed by atoms with E-state index >= 15 is 0 Å². The molecule has 1 heterocycles. The number of aromatic nitrogens is 1. The summed E-state index contributed by atoms with van der Waals surface area (Å²) in [6.07, 6.45) is 0. The zero-order valence-corrected chi connectivity index (χ0v) is 6.44. The first-order valence-electron chi connectivity index (χ1n) is 3.19. The molecule has 0 amide bonds. The van der Waals surface area contributed by atoms with Crippen LogP contribution in [-0.4, -0.2) is 23.2 Å². The van der Waals surface area contributed by atoms with E-state index in [2.05, 4.69) is 4.98 Å². The summed E-state index contributed by atoms with van der Waals surface area (Å²) in [5.74, 6) is -0.821. The number of aromatic carboxylic acids is 1. The SMILES string of the molecule is COc1nc(N)ccc1C(=O)O. The number of nitrogen functional groups attached to an aromatic ring is 1. The molecule has 0 bridgehead atoms. The van der Waals surface area contributed by atoms with Gasteiger partial charge in [0.1, 0.15) is 11.4 Å². The van der Waals surface area contributed by atoms with E-state index in [0.29, 0.717) is 0 Å². The Morgan fingerprint density at radius 1 is 1.67 bits per heavy atom. The minimum absolute atomic E-state index is 0.00620. The van der Waals surface area contributed by atoms with Gasteiger partial charge in [-0.2, -0.15) is 4.98 Å². The lowest BCUT2D eigenvalue weighted by Gasteiger charge is -2.02. The lowest BCUT2D eigenvalue weighted by atomic mass is 10.3. The van der Waals surface area contributed by atoms with Gasteiger partial charge >= 0.3 is 5.97 Å². The molecule has 1 aromatic heterocycles. The van der Waals surface area contributed by atoms with Gasteiger partial charge < -0.3 is 15.6 Å². The molecule has 5 nitrogen and oxygen atoms in total. The monoisotopic (exact) mass is 168 g/mol. The number of hydrogen-bond donors (Lipinski definition) is 2. The van der Waals surface area contributed by atoms with Crippen molar-refractivity contribution in [2.24, 2.45) is 0 Å². The van der Waals surface area contributed by atoms with Gasteiger partial charge in [-0.25, -0.2) is 4.79 Å². The van der Waals surface area contributed by atoms with Gasteiger partial charge in [-0.15, -0.1) is 0 Å². The second-order valence-electron chi connectivity index (χ2n) is 2.10. The molecular formula is C7H8N2O3. The molecule has 0 aliphatic carbocycles. The summed E-state index contributed by atoms with van der Waals surface area (Å²) in [4.78, 5) is 14.2. The van der Waals surface area contributed by atoms with Crippen molar-refractivity contribution in [1.82, 2.24) is 4.98 Å². The largest absolute Gasteiger partial charge is 0.480 e. The maximum atomic E-state index is 10.5. The summed E-state index contributed by atoms with van der Waals surface area (Å²) < 4.78 is 4.72. The summed E-state index contributed by atoms with van der Waals surface area (Å²) in [5.41, 5.74) is 5.33. The zero-order chi connectivity index (χ0) is 9.14. The van der Waals surface area contributed by atoms with Crippen LogP contribution in [0.2, 0.25) is 0 Å². The number of pyridine rings is 1. The highest BCUT2D eigenvalue weighted by Crippen LogP contribution is 2.16. The number of carbonyl (C=O) groups is 1. The molecule has 0 spiro atoms. The van der Waals surface area contributed by atoms with Gasteiger partial charge in [0.15, 0.2) is 0 Å². The van der Waals surface area contributed by atoms with Crippen LogP contribution >= 0.6 is 0 Å². The average Bonchev–Trinajstić information content (AvgIpc) is 2.03. The summed E-state index contributed by atoms with van der Waals surface area (Å²) in [6.45, 7) is 0. The van der Waals surface area contributed by atoms with Crippen LogP contribution in [0, 0.1) is 0 Å².